The topological polar surface area (TPSA) is 72.5 Å². The van der Waals surface area contributed by atoms with Gasteiger partial charge in [-0.2, -0.15) is 0 Å². The maximum Gasteiger partial charge on any atom is 0.261 e. The van der Waals surface area contributed by atoms with Crippen LogP contribution in [0.25, 0.3) is 0 Å². The van der Waals surface area contributed by atoms with Crippen molar-refractivity contribution in [2.24, 2.45) is 0 Å². The van der Waals surface area contributed by atoms with E-state index in [2.05, 4.69) is 5.32 Å². The van der Waals surface area contributed by atoms with Gasteiger partial charge in [-0.1, -0.05) is 11.6 Å². The molecule has 1 aromatic carbocycles. The molecule has 1 aromatic rings. The van der Waals surface area contributed by atoms with Crippen molar-refractivity contribution >= 4 is 37.2 Å². The standard InChI is InChI=1S/C13H15Cl2NO4S/c1-8-4-11(2-3-20-8)16-13(17)9-5-10(14)7-12(6-9)21(15,18)19/h5-8,11H,2-4H2,1H3,(H,16,17). The molecule has 0 aliphatic carbocycles. The van der Waals surface area contributed by atoms with Crippen molar-refractivity contribution in [2.75, 3.05) is 6.61 Å². The Morgan fingerprint density at radius 1 is 1.38 bits per heavy atom. The van der Waals surface area contributed by atoms with E-state index in [9.17, 15) is 13.2 Å². The Labute approximate surface area is 133 Å². The Balaban J connectivity index is 2.17. The van der Waals surface area contributed by atoms with E-state index in [1.807, 2.05) is 6.92 Å². The fourth-order valence-corrected chi connectivity index (χ4v) is 3.33. The number of nitrogens with one attached hydrogen (secondary N) is 1. The minimum atomic E-state index is -3.94. The minimum absolute atomic E-state index is 0.00343. The third-order valence-corrected chi connectivity index (χ3v) is 4.79. The van der Waals surface area contributed by atoms with Crippen molar-refractivity contribution in [3.8, 4) is 0 Å². The molecule has 0 spiro atoms. The molecule has 1 fully saturated rings. The highest BCUT2D eigenvalue weighted by atomic mass is 35.7. The second-order valence-electron chi connectivity index (χ2n) is 4.99. The fraction of sp³-hybridized carbons (Fsp3) is 0.462. The van der Waals surface area contributed by atoms with Crippen LogP contribution >= 0.6 is 22.3 Å². The lowest BCUT2D eigenvalue weighted by atomic mass is 10.0. The molecule has 2 atom stereocenters. The van der Waals surface area contributed by atoms with Crippen molar-refractivity contribution in [3.63, 3.8) is 0 Å². The maximum atomic E-state index is 12.2. The molecule has 0 radical (unpaired) electrons. The van der Waals surface area contributed by atoms with Crippen LogP contribution in [0, 0.1) is 0 Å². The zero-order chi connectivity index (χ0) is 15.6. The van der Waals surface area contributed by atoms with Crippen LogP contribution in [0.2, 0.25) is 5.02 Å². The van der Waals surface area contributed by atoms with E-state index in [1.165, 1.54) is 18.2 Å². The number of halogens is 2. The molecule has 8 heteroatoms. The van der Waals surface area contributed by atoms with Gasteiger partial charge in [0.25, 0.3) is 15.0 Å². The molecule has 2 unspecified atom stereocenters. The first-order chi connectivity index (χ1) is 9.75. The van der Waals surface area contributed by atoms with Crippen LogP contribution < -0.4 is 5.32 Å². The summed E-state index contributed by atoms with van der Waals surface area (Å²) in [6.07, 6.45) is 1.52. The number of carbonyl (C=O) groups is 1. The minimum Gasteiger partial charge on any atom is -0.378 e. The molecule has 1 aliphatic heterocycles. The first-order valence-electron chi connectivity index (χ1n) is 6.43. The lowest BCUT2D eigenvalue weighted by Crippen LogP contribution is -2.41. The van der Waals surface area contributed by atoms with E-state index in [4.69, 9.17) is 27.0 Å². The fourth-order valence-electron chi connectivity index (χ4n) is 2.23. The Hall–Kier alpha value is -0.820. The van der Waals surface area contributed by atoms with E-state index >= 15 is 0 Å². The van der Waals surface area contributed by atoms with E-state index in [0.717, 1.165) is 6.42 Å². The lowest BCUT2D eigenvalue weighted by molar-refractivity contribution is 0.0136. The Bertz CT molecular complexity index is 648. The Morgan fingerprint density at radius 2 is 2.10 bits per heavy atom. The third kappa shape index (κ3) is 4.57. The van der Waals surface area contributed by atoms with E-state index in [-0.39, 0.29) is 33.5 Å². The molecule has 116 valence electrons. The first kappa shape index (κ1) is 16.5. The van der Waals surface area contributed by atoms with Gasteiger partial charge in [0, 0.05) is 33.9 Å². The van der Waals surface area contributed by atoms with E-state index in [0.29, 0.717) is 13.0 Å². The van der Waals surface area contributed by atoms with Crippen LogP contribution in [0.1, 0.15) is 30.1 Å². The largest absolute Gasteiger partial charge is 0.378 e. The highest BCUT2D eigenvalue weighted by Crippen LogP contribution is 2.22. The zero-order valence-corrected chi connectivity index (χ0v) is 13.6. The van der Waals surface area contributed by atoms with Gasteiger partial charge in [0.1, 0.15) is 0 Å². The van der Waals surface area contributed by atoms with Gasteiger partial charge in [0.2, 0.25) is 0 Å². The highest BCUT2D eigenvalue weighted by Gasteiger charge is 2.22. The molecule has 21 heavy (non-hydrogen) atoms. The van der Waals surface area contributed by atoms with Gasteiger partial charge in [0.15, 0.2) is 0 Å². The van der Waals surface area contributed by atoms with Gasteiger partial charge < -0.3 is 10.1 Å². The van der Waals surface area contributed by atoms with Crippen LogP contribution in [0.4, 0.5) is 0 Å². The summed E-state index contributed by atoms with van der Waals surface area (Å²) in [7, 11) is 1.35. The van der Waals surface area contributed by atoms with Crippen LogP contribution in [0.5, 0.6) is 0 Å². The average Bonchev–Trinajstić information content (AvgIpc) is 2.37. The SMILES string of the molecule is CC1CC(NC(=O)c2cc(Cl)cc(S(=O)(=O)Cl)c2)CCO1. The van der Waals surface area contributed by atoms with Gasteiger partial charge >= 0.3 is 0 Å². The quantitative estimate of drug-likeness (QED) is 0.849. The van der Waals surface area contributed by atoms with Gasteiger partial charge in [-0.3, -0.25) is 4.79 Å². The molecule has 1 aliphatic rings. The van der Waals surface area contributed by atoms with Gasteiger partial charge in [-0.25, -0.2) is 8.42 Å². The molecule has 1 heterocycles. The van der Waals surface area contributed by atoms with E-state index in [1.54, 1.807) is 0 Å². The summed E-state index contributed by atoms with van der Waals surface area (Å²) in [6.45, 7) is 2.53. The molecule has 2 rings (SSSR count). The summed E-state index contributed by atoms with van der Waals surface area (Å²) in [5.74, 6) is -0.377. The molecular formula is C13H15Cl2NO4S. The summed E-state index contributed by atoms with van der Waals surface area (Å²) >= 11 is 5.84. The molecule has 0 aromatic heterocycles. The number of ether oxygens (including phenoxy) is 1. The molecule has 1 amide bonds. The van der Waals surface area contributed by atoms with Crippen molar-refractivity contribution in [1.29, 1.82) is 0 Å². The van der Waals surface area contributed by atoms with E-state index < -0.39 is 9.05 Å². The van der Waals surface area contributed by atoms with Gasteiger partial charge in [-0.15, -0.1) is 0 Å². The van der Waals surface area contributed by atoms with Crippen molar-refractivity contribution in [2.45, 2.75) is 36.8 Å². The summed E-state index contributed by atoms with van der Waals surface area (Å²) in [5, 5.41) is 3.00. The van der Waals surface area contributed by atoms with Crippen molar-refractivity contribution in [3.05, 3.63) is 28.8 Å². The van der Waals surface area contributed by atoms with Crippen LogP contribution in [0.3, 0.4) is 0 Å². The monoisotopic (exact) mass is 351 g/mol. The van der Waals surface area contributed by atoms with Crippen LogP contribution in [-0.4, -0.2) is 33.1 Å². The first-order valence-corrected chi connectivity index (χ1v) is 9.12. The molecule has 1 saturated heterocycles. The Kier molecular flexibility index (Phi) is 5.14. The second kappa shape index (κ2) is 6.52. The van der Waals surface area contributed by atoms with Crippen molar-refractivity contribution < 1.29 is 17.9 Å². The number of hydrogen-bond donors (Lipinski definition) is 1. The summed E-state index contributed by atoms with van der Waals surface area (Å²) in [4.78, 5) is 12.0. The van der Waals surface area contributed by atoms with Crippen molar-refractivity contribution in [1.82, 2.24) is 5.32 Å². The summed E-state index contributed by atoms with van der Waals surface area (Å²) in [6, 6.07) is 3.82. The number of benzene rings is 1. The summed E-state index contributed by atoms with van der Waals surface area (Å²) in [5.41, 5.74) is 0.167. The predicted molar refractivity (Wildman–Crippen MR) is 80.4 cm³/mol. The van der Waals surface area contributed by atoms with Gasteiger partial charge in [0.05, 0.1) is 11.0 Å². The zero-order valence-electron chi connectivity index (χ0n) is 11.3. The molecule has 0 bridgehead atoms. The third-order valence-electron chi connectivity index (χ3n) is 3.24. The second-order valence-corrected chi connectivity index (χ2v) is 7.99. The van der Waals surface area contributed by atoms with Gasteiger partial charge in [-0.05, 0) is 38.0 Å². The molecule has 0 saturated carbocycles. The Morgan fingerprint density at radius 3 is 2.71 bits per heavy atom. The highest BCUT2D eigenvalue weighted by molar-refractivity contribution is 8.13. The molecule has 1 N–H and O–H groups in total. The number of rotatable bonds is 3. The maximum absolute atomic E-state index is 12.2. The molecular weight excluding hydrogens is 337 g/mol. The average molecular weight is 352 g/mol. The normalized spacial score (nSPS) is 22.8. The molecule has 5 nitrogen and oxygen atoms in total. The number of carbonyl (C=O) groups excluding carboxylic acids is 1. The lowest BCUT2D eigenvalue weighted by Gasteiger charge is -2.28. The summed E-state index contributed by atoms with van der Waals surface area (Å²) < 4.78 is 28.1. The van der Waals surface area contributed by atoms with Crippen LogP contribution in [-0.2, 0) is 13.8 Å². The number of amides is 1. The predicted octanol–water partition coefficient (Wildman–Crippen LogP) is 2.56. The number of hydrogen-bond acceptors (Lipinski definition) is 4. The van der Waals surface area contributed by atoms with Crippen LogP contribution in [0.15, 0.2) is 23.1 Å². The smallest absolute Gasteiger partial charge is 0.261 e.